The van der Waals surface area contributed by atoms with E-state index < -0.39 is 16.5 Å². The van der Waals surface area contributed by atoms with Gasteiger partial charge in [-0.2, -0.15) is 0 Å². The topological polar surface area (TPSA) is 20.3 Å². The van der Waals surface area contributed by atoms with Crippen molar-refractivity contribution in [2.24, 2.45) is 0 Å². The molecule has 2 nitrogen and oxygen atoms in total. The number of hydrogen-bond donors (Lipinski definition) is 0. The van der Waals surface area contributed by atoms with Gasteiger partial charge >= 0.3 is 0 Å². The van der Waals surface area contributed by atoms with Crippen molar-refractivity contribution in [2.75, 3.05) is 0 Å². The second-order valence-corrected chi connectivity index (χ2v) is 15.2. The van der Waals surface area contributed by atoms with Crippen LogP contribution in [0.5, 0.6) is 0 Å². The van der Waals surface area contributed by atoms with Gasteiger partial charge in [0.05, 0.1) is 0 Å². The minimum atomic E-state index is -1.44. The SMILES string of the molecule is CC(=O)N([Si](C)(C)C)[Si](C)(C)C. The van der Waals surface area contributed by atoms with Gasteiger partial charge in [0.1, 0.15) is 16.5 Å². The minimum Gasteiger partial charge on any atom is -0.396 e. The van der Waals surface area contributed by atoms with Crippen LogP contribution >= 0.6 is 0 Å². The van der Waals surface area contributed by atoms with Crippen LogP contribution in [-0.4, -0.2) is 26.6 Å². The van der Waals surface area contributed by atoms with E-state index in [9.17, 15) is 4.79 Å². The molecule has 0 aromatic carbocycles. The van der Waals surface area contributed by atoms with Crippen LogP contribution in [0.3, 0.4) is 0 Å². The highest BCUT2D eigenvalue weighted by Crippen LogP contribution is 2.19. The molecule has 0 aromatic rings. The average Bonchev–Trinajstić information content (AvgIpc) is 1.49. The molecule has 0 aliphatic heterocycles. The van der Waals surface area contributed by atoms with Crippen molar-refractivity contribution in [3.63, 3.8) is 0 Å². The molecular formula is C8H21NOSi2. The zero-order valence-electron chi connectivity index (χ0n) is 9.36. The van der Waals surface area contributed by atoms with Crippen LogP contribution in [0.2, 0.25) is 39.3 Å². The molecule has 0 rings (SSSR count). The molecule has 4 heteroatoms. The van der Waals surface area contributed by atoms with Crippen molar-refractivity contribution in [1.82, 2.24) is 4.23 Å². The van der Waals surface area contributed by atoms with Crippen molar-refractivity contribution in [2.45, 2.75) is 46.2 Å². The molecule has 0 spiro atoms. The summed E-state index contributed by atoms with van der Waals surface area (Å²) in [5.74, 6) is 0.258. The first-order valence-electron chi connectivity index (χ1n) is 4.37. The predicted molar refractivity (Wildman–Crippen MR) is 59.2 cm³/mol. The van der Waals surface area contributed by atoms with Gasteiger partial charge in [0, 0.05) is 6.92 Å². The molecule has 0 saturated heterocycles. The molecule has 0 saturated carbocycles. The van der Waals surface area contributed by atoms with E-state index in [1.165, 1.54) is 0 Å². The van der Waals surface area contributed by atoms with Gasteiger partial charge in [-0.3, -0.25) is 4.79 Å². The Labute approximate surface area is 78.1 Å². The molecule has 0 fully saturated rings. The van der Waals surface area contributed by atoms with Crippen molar-refractivity contribution in [3.8, 4) is 0 Å². The van der Waals surface area contributed by atoms with Crippen LogP contribution in [0.25, 0.3) is 0 Å². The second kappa shape index (κ2) is 3.34. The number of carbonyl (C=O) groups excluding carboxylic acids is 1. The summed E-state index contributed by atoms with van der Waals surface area (Å²) in [6.07, 6.45) is 0. The summed E-state index contributed by atoms with van der Waals surface area (Å²) in [5.41, 5.74) is 0. The molecule has 0 bridgehead atoms. The number of carbonyl (C=O) groups is 1. The highest BCUT2D eigenvalue weighted by molar-refractivity contribution is 6.92. The molecule has 1 amide bonds. The van der Waals surface area contributed by atoms with Crippen LogP contribution < -0.4 is 0 Å². The summed E-state index contributed by atoms with van der Waals surface area (Å²) < 4.78 is 2.18. The highest BCUT2D eigenvalue weighted by atomic mass is 28.4. The fourth-order valence-corrected chi connectivity index (χ4v) is 11.9. The van der Waals surface area contributed by atoms with E-state index >= 15 is 0 Å². The Morgan fingerprint density at radius 3 is 1.17 bits per heavy atom. The maximum absolute atomic E-state index is 11.4. The maximum Gasteiger partial charge on any atom is 0.203 e. The van der Waals surface area contributed by atoms with Crippen LogP contribution in [0.15, 0.2) is 0 Å². The largest absolute Gasteiger partial charge is 0.396 e. The van der Waals surface area contributed by atoms with Crippen LogP contribution in [0.1, 0.15) is 6.92 Å². The molecular weight excluding hydrogens is 182 g/mol. The first kappa shape index (κ1) is 11.9. The van der Waals surface area contributed by atoms with Crippen molar-refractivity contribution < 1.29 is 4.79 Å². The lowest BCUT2D eigenvalue weighted by atomic mass is 10.8. The van der Waals surface area contributed by atoms with Gasteiger partial charge in [-0.25, -0.2) is 0 Å². The van der Waals surface area contributed by atoms with Gasteiger partial charge < -0.3 is 4.23 Å². The third-order valence-corrected chi connectivity index (χ3v) is 8.99. The Hall–Kier alpha value is -0.0962. The normalized spacial score (nSPS) is 12.9. The van der Waals surface area contributed by atoms with Gasteiger partial charge in [0.25, 0.3) is 0 Å². The number of nitrogens with zero attached hydrogens (tertiary/aromatic N) is 1. The number of amides is 1. The Balaban J connectivity index is 4.82. The van der Waals surface area contributed by atoms with E-state index in [0.717, 1.165) is 0 Å². The van der Waals surface area contributed by atoms with Gasteiger partial charge in [0.2, 0.25) is 5.91 Å². The third-order valence-electron chi connectivity index (χ3n) is 1.66. The van der Waals surface area contributed by atoms with Crippen molar-refractivity contribution in [1.29, 1.82) is 0 Å². The lowest BCUT2D eigenvalue weighted by molar-refractivity contribution is -0.122. The molecule has 0 unspecified atom stereocenters. The summed E-state index contributed by atoms with van der Waals surface area (Å²) in [6.45, 7) is 15.1. The smallest absolute Gasteiger partial charge is 0.203 e. The zero-order valence-corrected chi connectivity index (χ0v) is 11.4. The summed E-state index contributed by atoms with van der Waals surface area (Å²) in [6, 6.07) is 0. The first-order valence-corrected chi connectivity index (χ1v) is 11.3. The van der Waals surface area contributed by atoms with E-state index in [1.54, 1.807) is 6.92 Å². The third kappa shape index (κ3) is 3.10. The Morgan fingerprint density at radius 1 is 0.917 bits per heavy atom. The number of rotatable bonds is 2. The fourth-order valence-electron chi connectivity index (χ4n) is 1.95. The van der Waals surface area contributed by atoms with Crippen LogP contribution in [-0.2, 0) is 4.79 Å². The fraction of sp³-hybridized carbons (Fsp3) is 0.875. The summed E-state index contributed by atoms with van der Waals surface area (Å²) in [7, 11) is -2.88. The van der Waals surface area contributed by atoms with Gasteiger partial charge in [-0.1, -0.05) is 39.3 Å². The van der Waals surface area contributed by atoms with E-state index in [2.05, 4.69) is 43.5 Å². The molecule has 0 heterocycles. The Morgan fingerprint density at radius 2 is 1.17 bits per heavy atom. The standard InChI is InChI=1S/C8H21NOSi2/c1-8(10)9(11(2,3)4)12(5,6)7/h1-7H3. The van der Waals surface area contributed by atoms with Gasteiger partial charge in [-0.05, 0) is 0 Å². The molecule has 0 atom stereocenters. The summed E-state index contributed by atoms with van der Waals surface area (Å²) in [4.78, 5) is 11.4. The maximum atomic E-state index is 11.4. The number of hydrogen-bond acceptors (Lipinski definition) is 1. The molecule has 0 aliphatic rings. The summed E-state index contributed by atoms with van der Waals surface area (Å²) >= 11 is 0. The molecule has 0 radical (unpaired) electrons. The second-order valence-electron chi connectivity index (χ2n) is 5.20. The molecule has 0 N–H and O–H groups in total. The monoisotopic (exact) mass is 203 g/mol. The Bertz CT molecular complexity index is 164. The average molecular weight is 203 g/mol. The molecule has 0 aromatic heterocycles. The summed E-state index contributed by atoms with van der Waals surface area (Å²) in [5, 5.41) is 0. The van der Waals surface area contributed by atoms with Gasteiger partial charge in [0.15, 0.2) is 0 Å². The van der Waals surface area contributed by atoms with E-state index in [4.69, 9.17) is 0 Å². The van der Waals surface area contributed by atoms with E-state index in [0.29, 0.717) is 0 Å². The van der Waals surface area contributed by atoms with Crippen LogP contribution in [0, 0.1) is 0 Å². The Kier molecular flexibility index (Phi) is 3.31. The van der Waals surface area contributed by atoms with E-state index in [1.807, 2.05) is 0 Å². The predicted octanol–water partition coefficient (Wildman–Crippen LogP) is 2.50. The molecule has 0 aliphatic carbocycles. The molecule has 12 heavy (non-hydrogen) atoms. The van der Waals surface area contributed by atoms with Gasteiger partial charge in [-0.15, -0.1) is 0 Å². The minimum absolute atomic E-state index is 0.258. The quantitative estimate of drug-likeness (QED) is 0.632. The van der Waals surface area contributed by atoms with Crippen LogP contribution in [0.4, 0.5) is 0 Å². The first-order chi connectivity index (χ1) is 5.07. The zero-order chi connectivity index (χ0) is 10.2. The molecule has 72 valence electrons. The highest BCUT2D eigenvalue weighted by Gasteiger charge is 2.35. The van der Waals surface area contributed by atoms with E-state index in [-0.39, 0.29) is 5.91 Å². The lowest BCUT2D eigenvalue weighted by Gasteiger charge is -2.43. The lowest BCUT2D eigenvalue weighted by Crippen LogP contribution is -2.61. The van der Waals surface area contributed by atoms with Crippen molar-refractivity contribution >= 4 is 22.4 Å². The van der Waals surface area contributed by atoms with Crippen molar-refractivity contribution in [3.05, 3.63) is 0 Å².